The highest BCUT2D eigenvalue weighted by Gasteiger charge is 2.15. The van der Waals surface area contributed by atoms with Gasteiger partial charge in [-0.05, 0) is 36.8 Å². The largest absolute Gasteiger partial charge is 0.496 e. The van der Waals surface area contributed by atoms with Gasteiger partial charge in [0.15, 0.2) is 0 Å². The number of hydrogen-bond donors (Lipinski definition) is 1. The van der Waals surface area contributed by atoms with Crippen molar-refractivity contribution in [2.24, 2.45) is 0 Å². The van der Waals surface area contributed by atoms with E-state index in [1.165, 1.54) is 0 Å². The number of fused-ring (bicyclic) bond motifs is 1. The van der Waals surface area contributed by atoms with Gasteiger partial charge in [-0.15, -0.1) is 0 Å². The molecule has 0 aliphatic rings. The molecule has 132 valence electrons. The summed E-state index contributed by atoms with van der Waals surface area (Å²) >= 11 is 0. The molecule has 1 N–H and O–H groups in total. The molecule has 0 unspecified atom stereocenters. The summed E-state index contributed by atoms with van der Waals surface area (Å²) in [6.07, 6.45) is 0.891. The molecule has 0 bridgehead atoms. The Hall–Kier alpha value is -3.35. The average Bonchev–Trinajstić information content (AvgIpc) is 3.27. The lowest BCUT2D eigenvalue weighted by Gasteiger charge is -2.02. The van der Waals surface area contributed by atoms with Crippen LogP contribution in [0.4, 0.5) is 0 Å². The quantitative estimate of drug-likeness (QED) is 0.596. The van der Waals surface area contributed by atoms with Gasteiger partial charge >= 0.3 is 5.69 Å². The number of aromatic amines is 1. The van der Waals surface area contributed by atoms with Crippen LogP contribution in [0.1, 0.15) is 13.3 Å². The molecule has 0 atom stereocenters. The summed E-state index contributed by atoms with van der Waals surface area (Å²) < 4.78 is 12.5. The molecule has 2 aromatic carbocycles. The molecule has 4 rings (SSSR count). The molecule has 0 spiro atoms. The third-order valence-corrected chi connectivity index (χ3v) is 4.24. The topological polar surface area (TPSA) is 85.9 Å². The lowest BCUT2D eigenvalue weighted by atomic mass is 10.2. The summed E-state index contributed by atoms with van der Waals surface area (Å²) in [7, 11) is 1.60. The normalized spacial score (nSPS) is 11.2. The SMILES string of the molecule is CCCn1c(=O)[nH]c2cc(-c3noc(-c4ccccc4OC)n3)ccc21. The van der Waals surface area contributed by atoms with Crippen molar-refractivity contribution >= 4 is 11.0 Å². The van der Waals surface area contributed by atoms with Crippen molar-refractivity contribution in [3.63, 3.8) is 0 Å². The van der Waals surface area contributed by atoms with E-state index in [0.29, 0.717) is 24.0 Å². The molecular formula is C19H18N4O3. The minimum absolute atomic E-state index is 0.109. The fourth-order valence-corrected chi connectivity index (χ4v) is 3.02. The number of rotatable bonds is 5. The molecule has 0 fully saturated rings. The van der Waals surface area contributed by atoms with Crippen LogP contribution >= 0.6 is 0 Å². The van der Waals surface area contributed by atoms with Gasteiger partial charge in [0.25, 0.3) is 5.89 Å². The Morgan fingerprint density at radius 1 is 1.23 bits per heavy atom. The average molecular weight is 350 g/mol. The van der Waals surface area contributed by atoms with Gasteiger partial charge in [0.2, 0.25) is 5.82 Å². The Morgan fingerprint density at radius 2 is 2.08 bits per heavy atom. The smallest absolute Gasteiger partial charge is 0.326 e. The predicted molar refractivity (Wildman–Crippen MR) is 98.1 cm³/mol. The highest BCUT2D eigenvalue weighted by Crippen LogP contribution is 2.30. The lowest BCUT2D eigenvalue weighted by molar-refractivity contribution is 0.405. The van der Waals surface area contributed by atoms with Crippen molar-refractivity contribution in [3.8, 4) is 28.6 Å². The molecule has 7 nitrogen and oxygen atoms in total. The van der Waals surface area contributed by atoms with E-state index < -0.39 is 0 Å². The second kappa shape index (κ2) is 6.51. The first-order chi connectivity index (χ1) is 12.7. The number of benzene rings is 2. The number of H-pyrrole nitrogens is 1. The second-order valence-corrected chi connectivity index (χ2v) is 5.94. The molecule has 0 saturated carbocycles. The highest BCUT2D eigenvalue weighted by atomic mass is 16.5. The van der Waals surface area contributed by atoms with E-state index in [1.807, 2.05) is 49.4 Å². The van der Waals surface area contributed by atoms with Crippen LogP contribution in [0.25, 0.3) is 33.9 Å². The summed E-state index contributed by atoms with van der Waals surface area (Å²) in [6.45, 7) is 2.72. The summed E-state index contributed by atoms with van der Waals surface area (Å²) in [6, 6.07) is 13.1. The second-order valence-electron chi connectivity index (χ2n) is 5.94. The zero-order chi connectivity index (χ0) is 18.1. The van der Waals surface area contributed by atoms with Crippen LogP contribution in [0, 0.1) is 0 Å². The summed E-state index contributed by atoms with van der Waals surface area (Å²) in [5.41, 5.74) is 3.02. The van der Waals surface area contributed by atoms with Gasteiger partial charge in [0.05, 0.1) is 23.7 Å². The number of aromatic nitrogens is 4. The molecule has 4 aromatic rings. The first kappa shape index (κ1) is 16.1. The van der Waals surface area contributed by atoms with E-state index in [4.69, 9.17) is 9.26 Å². The van der Waals surface area contributed by atoms with E-state index in [1.54, 1.807) is 11.7 Å². The Labute approximate surface area is 149 Å². The number of imidazole rings is 1. The molecule has 7 heteroatoms. The maximum atomic E-state index is 12.1. The molecule has 0 amide bonds. The Morgan fingerprint density at radius 3 is 2.88 bits per heavy atom. The van der Waals surface area contributed by atoms with Gasteiger partial charge < -0.3 is 14.2 Å². The van der Waals surface area contributed by atoms with E-state index in [9.17, 15) is 4.79 Å². The molecule has 26 heavy (non-hydrogen) atoms. The number of ether oxygens (including phenoxy) is 1. The van der Waals surface area contributed by atoms with Gasteiger partial charge in [-0.3, -0.25) is 4.57 Å². The van der Waals surface area contributed by atoms with Crippen LogP contribution in [0.3, 0.4) is 0 Å². The fraction of sp³-hybridized carbons (Fsp3) is 0.211. The molecule has 2 aromatic heterocycles. The van der Waals surface area contributed by atoms with Crippen molar-refractivity contribution in [2.75, 3.05) is 7.11 Å². The van der Waals surface area contributed by atoms with Gasteiger partial charge in [-0.1, -0.05) is 24.2 Å². The van der Waals surface area contributed by atoms with Crippen LogP contribution in [0.15, 0.2) is 51.8 Å². The van der Waals surface area contributed by atoms with Crippen molar-refractivity contribution in [2.45, 2.75) is 19.9 Å². The Bertz CT molecular complexity index is 1120. The van der Waals surface area contributed by atoms with Crippen LogP contribution in [0.5, 0.6) is 5.75 Å². The number of nitrogens with zero attached hydrogens (tertiary/aromatic N) is 3. The number of para-hydroxylation sites is 1. The number of aryl methyl sites for hydroxylation is 1. The van der Waals surface area contributed by atoms with Crippen molar-refractivity contribution in [1.82, 2.24) is 19.7 Å². The van der Waals surface area contributed by atoms with Crippen LogP contribution < -0.4 is 10.4 Å². The number of nitrogens with one attached hydrogen (secondary N) is 1. The third-order valence-electron chi connectivity index (χ3n) is 4.24. The first-order valence-corrected chi connectivity index (χ1v) is 8.41. The van der Waals surface area contributed by atoms with Crippen LogP contribution in [-0.4, -0.2) is 26.8 Å². The summed E-state index contributed by atoms with van der Waals surface area (Å²) in [4.78, 5) is 19.4. The third kappa shape index (κ3) is 2.67. The maximum Gasteiger partial charge on any atom is 0.326 e. The fourth-order valence-electron chi connectivity index (χ4n) is 3.02. The summed E-state index contributed by atoms with van der Waals surface area (Å²) in [5.74, 6) is 1.51. The van der Waals surface area contributed by atoms with Crippen molar-refractivity contribution in [1.29, 1.82) is 0 Å². The Balaban J connectivity index is 1.75. The van der Waals surface area contributed by atoms with E-state index in [2.05, 4.69) is 15.1 Å². The first-order valence-electron chi connectivity index (χ1n) is 8.41. The summed E-state index contributed by atoms with van der Waals surface area (Å²) in [5, 5.41) is 4.07. The van der Waals surface area contributed by atoms with Crippen molar-refractivity contribution in [3.05, 3.63) is 52.9 Å². The standard InChI is InChI=1S/C19H18N4O3/c1-3-10-23-15-9-8-12(11-14(15)20-19(23)24)17-21-18(26-22-17)13-6-4-5-7-16(13)25-2/h4-9,11H,3,10H2,1-2H3,(H,20,24). The predicted octanol–water partition coefficient (Wildman–Crippen LogP) is 3.47. The minimum atomic E-state index is -0.109. The molecule has 0 aliphatic carbocycles. The Kier molecular flexibility index (Phi) is 4.04. The number of methoxy groups -OCH3 is 1. The van der Waals surface area contributed by atoms with E-state index >= 15 is 0 Å². The van der Waals surface area contributed by atoms with Crippen LogP contribution in [0.2, 0.25) is 0 Å². The molecule has 0 aliphatic heterocycles. The lowest BCUT2D eigenvalue weighted by Crippen LogP contribution is -2.16. The molecule has 0 saturated heterocycles. The molecular weight excluding hydrogens is 332 g/mol. The van der Waals surface area contributed by atoms with Gasteiger partial charge in [0, 0.05) is 12.1 Å². The van der Waals surface area contributed by atoms with Crippen LogP contribution in [-0.2, 0) is 6.54 Å². The molecule has 2 heterocycles. The monoisotopic (exact) mass is 350 g/mol. The van der Waals surface area contributed by atoms with Gasteiger partial charge in [-0.2, -0.15) is 4.98 Å². The van der Waals surface area contributed by atoms with E-state index in [0.717, 1.165) is 28.6 Å². The van der Waals surface area contributed by atoms with Gasteiger partial charge in [-0.25, -0.2) is 4.79 Å². The van der Waals surface area contributed by atoms with Crippen molar-refractivity contribution < 1.29 is 9.26 Å². The maximum absolute atomic E-state index is 12.1. The number of hydrogen-bond acceptors (Lipinski definition) is 5. The zero-order valence-corrected chi connectivity index (χ0v) is 14.5. The van der Waals surface area contributed by atoms with E-state index in [-0.39, 0.29) is 5.69 Å². The minimum Gasteiger partial charge on any atom is -0.496 e. The van der Waals surface area contributed by atoms with Gasteiger partial charge in [0.1, 0.15) is 5.75 Å². The highest BCUT2D eigenvalue weighted by molar-refractivity contribution is 5.81. The zero-order valence-electron chi connectivity index (χ0n) is 14.5. The molecule has 0 radical (unpaired) electrons.